The molecule has 12 rings (SSSR count). The van der Waals surface area contributed by atoms with Crippen molar-refractivity contribution in [1.82, 2.24) is 15.0 Å². The topological polar surface area (TPSA) is 65.0 Å². The van der Waals surface area contributed by atoms with E-state index in [2.05, 4.69) is 129 Å². The molecule has 0 spiro atoms. The molecule has 0 unspecified atom stereocenters. The Morgan fingerprint density at radius 1 is 0.339 bits per heavy atom. The lowest BCUT2D eigenvalue weighted by Gasteiger charge is -2.22. The van der Waals surface area contributed by atoms with Crippen LogP contribution in [0.3, 0.4) is 0 Å². The molecule has 0 N–H and O–H groups in total. The van der Waals surface area contributed by atoms with Crippen LogP contribution in [-0.4, -0.2) is 15.0 Å². The minimum Gasteiger partial charge on any atom is -0.455 e. The predicted molar refractivity (Wildman–Crippen MR) is 239 cm³/mol. The Kier molecular flexibility index (Phi) is 7.20. The van der Waals surface area contributed by atoms with Crippen LogP contribution >= 0.6 is 0 Å². The lowest BCUT2D eigenvalue weighted by molar-refractivity contribution is 0.660. The van der Waals surface area contributed by atoms with Crippen LogP contribution in [0.5, 0.6) is 0 Å². The number of para-hydroxylation sites is 4. The summed E-state index contributed by atoms with van der Waals surface area (Å²) < 4.78 is 13.4. The molecule has 5 nitrogen and oxygen atoms in total. The second kappa shape index (κ2) is 12.7. The first-order valence-electron chi connectivity index (χ1n) is 20.0. The third kappa shape index (κ3) is 5.14. The lowest BCUT2D eigenvalue weighted by Crippen LogP contribution is -2.14. The number of benzene rings is 8. The average molecular weight is 758 g/mol. The monoisotopic (exact) mass is 757 g/mol. The van der Waals surface area contributed by atoms with E-state index in [1.165, 1.54) is 22.3 Å². The normalized spacial score (nSPS) is 13.1. The molecule has 0 aliphatic heterocycles. The van der Waals surface area contributed by atoms with Crippen LogP contribution in [0.4, 0.5) is 0 Å². The average Bonchev–Trinajstić information content (AvgIpc) is 3.94. The molecular formula is C54H35N3O2. The van der Waals surface area contributed by atoms with E-state index in [1.54, 1.807) is 0 Å². The zero-order chi connectivity index (χ0) is 39.2. The second-order valence-electron chi connectivity index (χ2n) is 15.9. The summed E-state index contributed by atoms with van der Waals surface area (Å²) in [7, 11) is 0. The van der Waals surface area contributed by atoms with Crippen LogP contribution in [0.25, 0.3) is 111 Å². The molecule has 3 heterocycles. The number of nitrogens with zero attached hydrogens (tertiary/aromatic N) is 3. The molecular weight excluding hydrogens is 723 g/mol. The van der Waals surface area contributed by atoms with Gasteiger partial charge in [-0.3, -0.25) is 0 Å². The smallest absolute Gasteiger partial charge is 0.167 e. The SMILES string of the molecule is CC1(C)c2ccccc2-c2ccc(-c3cccc4c3oc3c(-c5cccc(-c6nc(-c7ccccc7)nc(-c7cccc8c7oc7ccccc78)n6)c5)cccc34)cc21. The molecule has 11 aromatic rings. The second-order valence-corrected chi connectivity index (χ2v) is 15.9. The van der Waals surface area contributed by atoms with E-state index in [0.717, 1.165) is 82.8 Å². The van der Waals surface area contributed by atoms with Gasteiger partial charge in [0.2, 0.25) is 0 Å². The maximum atomic E-state index is 6.97. The van der Waals surface area contributed by atoms with Gasteiger partial charge in [-0.1, -0.05) is 166 Å². The fourth-order valence-corrected chi connectivity index (χ4v) is 9.24. The van der Waals surface area contributed by atoms with E-state index in [-0.39, 0.29) is 5.41 Å². The van der Waals surface area contributed by atoms with Crippen LogP contribution in [0.2, 0.25) is 0 Å². The zero-order valence-electron chi connectivity index (χ0n) is 32.4. The Morgan fingerprint density at radius 2 is 0.847 bits per heavy atom. The summed E-state index contributed by atoms with van der Waals surface area (Å²) >= 11 is 0. The maximum absolute atomic E-state index is 6.97. The van der Waals surface area contributed by atoms with E-state index in [0.29, 0.717) is 17.5 Å². The minimum atomic E-state index is -0.0934. The number of fused-ring (bicyclic) bond motifs is 9. The molecule has 0 radical (unpaired) electrons. The van der Waals surface area contributed by atoms with Gasteiger partial charge in [0, 0.05) is 49.2 Å². The summed E-state index contributed by atoms with van der Waals surface area (Å²) in [6.07, 6.45) is 0. The van der Waals surface area contributed by atoms with Crippen LogP contribution in [0, 0.1) is 0 Å². The van der Waals surface area contributed by atoms with E-state index >= 15 is 0 Å². The van der Waals surface area contributed by atoms with Crippen molar-refractivity contribution in [3.05, 3.63) is 187 Å². The molecule has 8 aromatic carbocycles. The Labute approximate surface area is 340 Å². The van der Waals surface area contributed by atoms with E-state index in [4.69, 9.17) is 23.8 Å². The van der Waals surface area contributed by atoms with Crippen LogP contribution in [0.15, 0.2) is 185 Å². The summed E-state index contributed by atoms with van der Waals surface area (Å²) in [5.41, 5.74) is 15.4. The molecule has 3 aromatic heterocycles. The van der Waals surface area contributed by atoms with Gasteiger partial charge in [0.05, 0.1) is 5.56 Å². The highest BCUT2D eigenvalue weighted by Crippen LogP contribution is 2.50. The fraction of sp³-hybridized carbons (Fsp3) is 0.0556. The minimum absolute atomic E-state index is 0.0934. The Balaban J connectivity index is 0.991. The summed E-state index contributed by atoms with van der Waals surface area (Å²) in [4.78, 5) is 15.2. The first kappa shape index (κ1) is 33.5. The fourth-order valence-electron chi connectivity index (χ4n) is 9.24. The van der Waals surface area contributed by atoms with Crippen LogP contribution in [-0.2, 0) is 5.41 Å². The van der Waals surface area contributed by atoms with Gasteiger partial charge in [0.25, 0.3) is 0 Å². The molecule has 0 bridgehead atoms. The van der Waals surface area contributed by atoms with E-state index in [9.17, 15) is 0 Å². The van der Waals surface area contributed by atoms with Gasteiger partial charge in [-0.05, 0) is 57.6 Å². The van der Waals surface area contributed by atoms with Crippen LogP contribution in [0.1, 0.15) is 25.0 Å². The highest BCUT2D eigenvalue weighted by atomic mass is 16.3. The van der Waals surface area contributed by atoms with Gasteiger partial charge in [-0.15, -0.1) is 0 Å². The molecule has 59 heavy (non-hydrogen) atoms. The van der Waals surface area contributed by atoms with Gasteiger partial charge in [0.15, 0.2) is 17.5 Å². The van der Waals surface area contributed by atoms with Gasteiger partial charge >= 0.3 is 0 Å². The van der Waals surface area contributed by atoms with Crippen molar-refractivity contribution < 1.29 is 8.83 Å². The molecule has 1 aliphatic rings. The Hall–Kier alpha value is -7.63. The summed E-state index contributed by atoms with van der Waals surface area (Å²) in [5.74, 6) is 1.72. The first-order valence-corrected chi connectivity index (χ1v) is 20.0. The van der Waals surface area contributed by atoms with Crippen molar-refractivity contribution >= 4 is 43.9 Å². The van der Waals surface area contributed by atoms with E-state index in [1.807, 2.05) is 60.7 Å². The summed E-state index contributed by atoms with van der Waals surface area (Å²) in [6.45, 7) is 4.65. The third-order valence-electron chi connectivity index (χ3n) is 12.2. The number of hydrogen-bond acceptors (Lipinski definition) is 5. The highest BCUT2D eigenvalue weighted by Gasteiger charge is 2.35. The highest BCUT2D eigenvalue weighted by molar-refractivity contribution is 6.13. The number of furan rings is 2. The Morgan fingerprint density at radius 3 is 1.63 bits per heavy atom. The third-order valence-corrected chi connectivity index (χ3v) is 12.2. The lowest BCUT2D eigenvalue weighted by atomic mass is 9.81. The first-order chi connectivity index (χ1) is 29.0. The van der Waals surface area contributed by atoms with Crippen molar-refractivity contribution in [1.29, 1.82) is 0 Å². The van der Waals surface area contributed by atoms with Gasteiger partial charge in [-0.25, -0.2) is 15.0 Å². The standard InChI is InChI=1S/C54H35N3O2/c1-54(2)45-26-8-6-18-38(45)39-29-28-34(31-46(39)54)37-21-12-24-43-42-23-11-20-36(48(42)59-49(37)43)33-16-10-17-35(30-33)52-55-51(32-14-4-3-5-15-32)56-53(57-52)44-25-13-22-41-40-19-7-9-27-47(40)58-50(41)44/h3-31H,1-2H3. The number of hydrogen-bond donors (Lipinski definition) is 0. The van der Waals surface area contributed by atoms with Crippen molar-refractivity contribution in [2.45, 2.75) is 19.3 Å². The van der Waals surface area contributed by atoms with E-state index < -0.39 is 0 Å². The molecule has 0 amide bonds. The quantitative estimate of drug-likeness (QED) is 0.175. The van der Waals surface area contributed by atoms with Crippen molar-refractivity contribution in [2.24, 2.45) is 0 Å². The summed E-state index contributed by atoms with van der Waals surface area (Å²) in [6, 6.07) is 61.3. The molecule has 0 saturated carbocycles. The van der Waals surface area contributed by atoms with Crippen molar-refractivity contribution in [3.63, 3.8) is 0 Å². The van der Waals surface area contributed by atoms with Gasteiger partial charge in [-0.2, -0.15) is 0 Å². The van der Waals surface area contributed by atoms with Gasteiger partial charge in [0.1, 0.15) is 22.3 Å². The van der Waals surface area contributed by atoms with Gasteiger partial charge < -0.3 is 8.83 Å². The largest absolute Gasteiger partial charge is 0.455 e. The molecule has 1 aliphatic carbocycles. The molecule has 0 saturated heterocycles. The number of rotatable bonds is 5. The molecule has 5 heteroatoms. The Bertz CT molecular complexity index is 3480. The predicted octanol–water partition coefficient (Wildman–Crippen LogP) is 14.3. The van der Waals surface area contributed by atoms with Crippen molar-refractivity contribution in [3.8, 4) is 67.5 Å². The summed E-state index contributed by atoms with van der Waals surface area (Å²) in [5, 5.41) is 4.25. The molecule has 0 atom stereocenters. The van der Waals surface area contributed by atoms with Crippen molar-refractivity contribution in [2.75, 3.05) is 0 Å². The molecule has 0 fully saturated rings. The van der Waals surface area contributed by atoms with Crippen LogP contribution < -0.4 is 0 Å². The maximum Gasteiger partial charge on any atom is 0.167 e. The number of aromatic nitrogens is 3. The zero-order valence-corrected chi connectivity index (χ0v) is 32.4. The molecule has 278 valence electrons.